The van der Waals surface area contributed by atoms with Gasteiger partial charge in [0, 0.05) is 0 Å². The Morgan fingerprint density at radius 1 is 1.27 bits per heavy atom. The summed E-state index contributed by atoms with van der Waals surface area (Å²) >= 11 is 0. The van der Waals surface area contributed by atoms with Gasteiger partial charge < -0.3 is 4.74 Å². The molecule has 3 fully saturated rings. The van der Waals surface area contributed by atoms with Crippen LogP contribution in [0.1, 0.15) is 32.1 Å². The van der Waals surface area contributed by atoms with Gasteiger partial charge in [0.05, 0.1) is 6.61 Å². The number of rotatable bonds is 0. The fourth-order valence-corrected chi connectivity index (χ4v) is 2.92. The zero-order valence-corrected chi connectivity index (χ0v) is 8.49. The molecule has 0 unspecified atom stereocenters. The third-order valence-corrected chi connectivity index (χ3v) is 3.65. The van der Waals surface area contributed by atoms with E-state index in [0.29, 0.717) is 6.61 Å². The van der Waals surface area contributed by atoms with Crippen LogP contribution in [0.5, 0.6) is 0 Å². The molecule has 1 aliphatic carbocycles. The zero-order chi connectivity index (χ0) is 10.5. The van der Waals surface area contributed by atoms with Crippen molar-refractivity contribution in [2.45, 2.75) is 43.9 Å². The molecule has 3 aliphatic rings. The minimum atomic E-state index is -0.473. The third kappa shape index (κ3) is 1.13. The maximum absolute atomic E-state index is 11.7. The highest BCUT2D eigenvalue weighted by atomic mass is 16.5. The first kappa shape index (κ1) is 9.15. The molecule has 2 aliphatic heterocycles. The van der Waals surface area contributed by atoms with Crippen molar-refractivity contribution in [3.8, 4) is 0 Å². The predicted molar refractivity (Wildman–Crippen MR) is 50.9 cm³/mol. The van der Waals surface area contributed by atoms with Crippen molar-refractivity contribution in [1.82, 2.24) is 10.2 Å². The molecule has 0 radical (unpaired) electrons. The van der Waals surface area contributed by atoms with E-state index in [1.807, 2.05) is 0 Å². The van der Waals surface area contributed by atoms with Gasteiger partial charge in [-0.3, -0.25) is 15.0 Å². The molecule has 3 rings (SSSR count). The van der Waals surface area contributed by atoms with Crippen LogP contribution < -0.4 is 5.32 Å². The Hall–Kier alpha value is -1.10. The summed E-state index contributed by atoms with van der Waals surface area (Å²) in [5.74, 6) is -0.206. The van der Waals surface area contributed by atoms with Gasteiger partial charge >= 0.3 is 6.03 Å². The number of amides is 3. The molecule has 2 saturated heterocycles. The first-order valence-corrected chi connectivity index (χ1v) is 5.51. The summed E-state index contributed by atoms with van der Waals surface area (Å²) in [7, 11) is 0. The molecule has 5 heteroatoms. The van der Waals surface area contributed by atoms with Crippen LogP contribution in [0.3, 0.4) is 0 Å². The Bertz CT molecular complexity index is 323. The highest BCUT2D eigenvalue weighted by molar-refractivity contribution is 6.04. The monoisotopic (exact) mass is 210 g/mol. The first-order chi connectivity index (χ1) is 7.23. The van der Waals surface area contributed by atoms with E-state index in [2.05, 4.69) is 5.32 Å². The van der Waals surface area contributed by atoms with Gasteiger partial charge in [0.1, 0.15) is 11.8 Å². The van der Waals surface area contributed by atoms with Crippen molar-refractivity contribution < 1.29 is 14.3 Å². The Morgan fingerprint density at radius 3 is 2.73 bits per heavy atom. The van der Waals surface area contributed by atoms with Crippen molar-refractivity contribution in [2.24, 2.45) is 0 Å². The molecule has 15 heavy (non-hydrogen) atoms. The van der Waals surface area contributed by atoms with Crippen LogP contribution in [0.4, 0.5) is 4.79 Å². The lowest BCUT2D eigenvalue weighted by atomic mass is 9.90. The quantitative estimate of drug-likeness (QED) is 0.595. The van der Waals surface area contributed by atoms with Gasteiger partial charge in [0.25, 0.3) is 5.91 Å². The number of nitrogens with one attached hydrogen (secondary N) is 1. The number of fused-ring (bicyclic) bond motifs is 2. The van der Waals surface area contributed by atoms with E-state index < -0.39 is 5.72 Å². The van der Waals surface area contributed by atoms with Crippen LogP contribution in [-0.4, -0.2) is 35.2 Å². The minimum absolute atomic E-state index is 0.206. The minimum Gasteiger partial charge on any atom is -0.353 e. The average Bonchev–Trinajstić information content (AvgIpc) is 2.71. The summed E-state index contributed by atoms with van der Waals surface area (Å²) in [6.45, 7) is 0.359. The third-order valence-electron chi connectivity index (χ3n) is 3.65. The summed E-state index contributed by atoms with van der Waals surface area (Å²) in [6.07, 6.45) is 5.07. The molecule has 0 bridgehead atoms. The molecule has 0 aromatic carbocycles. The van der Waals surface area contributed by atoms with Crippen LogP contribution in [0.25, 0.3) is 0 Å². The predicted octanol–water partition coefficient (Wildman–Crippen LogP) is 0.597. The van der Waals surface area contributed by atoms with Gasteiger partial charge in [-0.2, -0.15) is 0 Å². The maximum Gasteiger partial charge on any atom is 0.327 e. The Kier molecular flexibility index (Phi) is 1.80. The topological polar surface area (TPSA) is 58.6 Å². The number of carbonyl (C=O) groups excluding carboxylic acids is 2. The van der Waals surface area contributed by atoms with Gasteiger partial charge in [0.15, 0.2) is 0 Å². The van der Waals surface area contributed by atoms with E-state index in [0.717, 1.165) is 25.7 Å². The molecule has 0 aromatic rings. The normalized spacial score (nSPS) is 33.3. The van der Waals surface area contributed by atoms with Gasteiger partial charge in [-0.15, -0.1) is 0 Å². The van der Waals surface area contributed by atoms with E-state index >= 15 is 0 Å². The molecular weight excluding hydrogens is 196 g/mol. The fourth-order valence-electron chi connectivity index (χ4n) is 2.92. The molecule has 1 atom stereocenters. The maximum atomic E-state index is 11.7. The van der Waals surface area contributed by atoms with E-state index in [1.54, 1.807) is 4.90 Å². The second-order valence-electron chi connectivity index (χ2n) is 4.50. The van der Waals surface area contributed by atoms with Gasteiger partial charge in [-0.25, -0.2) is 4.79 Å². The lowest BCUT2D eigenvalue weighted by Gasteiger charge is -2.38. The Labute approximate surface area is 87.8 Å². The van der Waals surface area contributed by atoms with E-state index in [-0.39, 0.29) is 18.0 Å². The van der Waals surface area contributed by atoms with Crippen LogP contribution in [0.2, 0.25) is 0 Å². The lowest BCUT2D eigenvalue weighted by molar-refractivity contribution is -0.121. The number of nitrogens with zero attached hydrogens (tertiary/aromatic N) is 1. The van der Waals surface area contributed by atoms with Crippen molar-refractivity contribution in [2.75, 3.05) is 6.61 Å². The number of carbonyl (C=O) groups is 2. The van der Waals surface area contributed by atoms with Gasteiger partial charge in [-0.1, -0.05) is 6.42 Å². The fraction of sp³-hybridized carbons (Fsp3) is 0.800. The smallest absolute Gasteiger partial charge is 0.327 e. The molecule has 1 saturated carbocycles. The molecule has 2 heterocycles. The van der Waals surface area contributed by atoms with Crippen molar-refractivity contribution in [3.05, 3.63) is 0 Å². The van der Waals surface area contributed by atoms with Gasteiger partial charge in [-0.05, 0) is 25.7 Å². The Morgan fingerprint density at radius 2 is 2.00 bits per heavy atom. The summed E-state index contributed by atoms with van der Waals surface area (Å²) < 4.78 is 5.73. The summed E-state index contributed by atoms with van der Waals surface area (Å²) in [5, 5.41) is 2.36. The highest BCUT2D eigenvalue weighted by Gasteiger charge is 2.56. The number of imide groups is 1. The largest absolute Gasteiger partial charge is 0.353 e. The van der Waals surface area contributed by atoms with E-state index in [9.17, 15) is 9.59 Å². The SMILES string of the molecule is O=C1NC(=O)N2[C@@H]1COC21CCCCC1. The molecule has 5 nitrogen and oxygen atoms in total. The zero-order valence-electron chi connectivity index (χ0n) is 8.49. The van der Waals surface area contributed by atoms with Crippen molar-refractivity contribution in [1.29, 1.82) is 0 Å². The summed E-state index contributed by atoms with van der Waals surface area (Å²) in [5.41, 5.74) is -0.473. The van der Waals surface area contributed by atoms with Crippen LogP contribution in [-0.2, 0) is 9.53 Å². The standard InChI is InChI=1S/C10H14N2O3/c13-8-7-6-15-10(4-2-1-3-5-10)12(7)9(14)11-8/h7H,1-6H2,(H,11,13,14)/t7-/m1/s1. The van der Waals surface area contributed by atoms with Crippen LogP contribution in [0, 0.1) is 0 Å². The lowest BCUT2D eigenvalue weighted by Crippen LogP contribution is -2.50. The molecular formula is C10H14N2O3. The number of hydrogen-bond acceptors (Lipinski definition) is 3. The van der Waals surface area contributed by atoms with E-state index in [4.69, 9.17) is 4.74 Å². The average molecular weight is 210 g/mol. The summed E-state index contributed by atoms with van der Waals surface area (Å²) in [6, 6.07) is -0.653. The molecule has 82 valence electrons. The second kappa shape index (κ2) is 2.95. The van der Waals surface area contributed by atoms with Crippen LogP contribution in [0.15, 0.2) is 0 Å². The van der Waals surface area contributed by atoms with Crippen molar-refractivity contribution >= 4 is 11.9 Å². The summed E-state index contributed by atoms with van der Waals surface area (Å²) in [4.78, 5) is 24.7. The first-order valence-electron chi connectivity index (χ1n) is 5.51. The molecule has 1 spiro atoms. The molecule has 3 amide bonds. The molecule has 0 aromatic heterocycles. The second-order valence-corrected chi connectivity index (χ2v) is 4.50. The molecule has 1 N–H and O–H groups in total. The van der Waals surface area contributed by atoms with Crippen molar-refractivity contribution in [3.63, 3.8) is 0 Å². The number of urea groups is 1. The highest BCUT2D eigenvalue weighted by Crippen LogP contribution is 2.41. The van der Waals surface area contributed by atoms with E-state index in [1.165, 1.54) is 6.42 Å². The number of hydrogen-bond donors (Lipinski definition) is 1. The van der Waals surface area contributed by atoms with Crippen LogP contribution >= 0.6 is 0 Å². The Balaban J connectivity index is 1.92. The number of ether oxygens (including phenoxy) is 1. The van der Waals surface area contributed by atoms with Gasteiger partial charge in [0.2, 0.25) is 0 Å².